The van der Waals surface area contributed by atoms with E-state index in [1.165, 1.54) is 12.1 Å². The maximum absolute atomic E-state index is 13.7. The minimum Gasteiger partial charge on any atom is -0.453 e. The second-order valence-electron chi connectivity index (χ2n) is 11.3. The summed E-state index contributed by atoms with van der Waals surface area (Å²) in [5, 5.41) is 14.7. The molecule has 3 aliphatic rings. The highest BCUT2D eigenvalue weighted by Crippen LogP contribution is 2.38. The number of piperidine rings is 3. The van der Waals surface area contributed by atoms with Gasteiger partial charge < -0.3 is 19.6 Å². The number of nitrogens with one attached hydrogen (secondary N) is 1. The molecule has 0 unspecified atom stereocenters. The van der Waals surface area contributed by atoms with Crippen LogP contribution in [0.4, 0.5) is 0 Å². The lowest BCUT2D eigenvalue weighted by Crippen LogP contribution is -2.65. The molecule has 0 aliphatic carbocycles. The fraction of sp³-hybridized carbons (Fsp3) is 0.375. The highest BCUT2D eigenvalue weighted by Gasteiger charge is 2.50. The Labute approximate surface area is 241 Å². The Hall–Kier alpha value is -3.53. The first-order chi connectivity index (χ1) is 19.6. The quantitative estimate of drug-likeness (QED) is 0.217. The number of hydrogen-bond donors (Lipinski definition) is 2. The number of quaternary nitrogens is 1. The molecule has 3 aromatic carbocycles. The van der Waals surface area contributed by atoms with Crippen molar-refractivity contribution in [1.82, 2.24) is 5.32 Å². The number of sulfone groups is 1. The minimum atomic E-state index is -3.39. The molecule has 3 aromatic rings. The summed E-state index contributed by atoms with van der Waals surface area (Å²) in [6.07, 6.45) is 3.45. The molecular weight excluding hydrogens is 540 g/mol. The van der Waals surface area contributed by atoms with Crippen molar-refractivity contribution in [1.29, 1.82) is 0 Å². The predicted octanol–water partition coefficient (Wildman–Crippen LogP) is 3.30. The van der Waals surface area contributed by atoms with E-state index in [0.29, 0.717) is 29.8 Å². The summed E-state index contributed by atoms with van der Waals surface area (Å²) in [5.41, 5.74) is -0.647. The Morgan fingerprint density at radius 1 is 0.951 bits per heavy atom. The SMILES string of the molecule is CS(=O)(=O)c1cccc(C(=O)NCCC[N+]23CCC(CC2)[C@@H](OC(=O)C(O)(c2ccccc2)c2ccccc2)C3)c1. The highest BCUT2D eigenvalue weighted by atomic mass is 32.2. The monoisotopic (exact) mass is 577 g/mol. The van der Waals surface area contributed by atoms with E-state index in [-0.39, 0.29) is 22.8 Å². The van der Waals surface area contributed by atoms with Crippen LogP contribution in [-0.4, -0.2) is 75.0 Å². The number of esters is 1. The summed E-state index contributed by atoms with van der Waals surface area (Å²) in [6.45, 7) is 3.94. The molecule has 3 aliphatic heterocycles. The molecule has 216 valence electrons. The number of ether oxygens (including phenoxy) is 1. The Bertz CT molecular complexity index is 1450. The minimum absolute atomic E-state index is 0.117. The molecule has 1 atom stereocenters. The van der Waals surface area contributed by atoms with Crippen LogP contribution in [0.3, 0.4) is 0 Å². The molecule has 2 N–H and O–H groups in total. The average Bonchev–Trinajstić information content (AvgIpc) is 3.00. The van der Waals surface area contributed by atoms with Crippen LogP contribution in [0.25, 0.3) is 0 Å². The fourth-order valence-electron chi connectivity index (χ4n) is 6.24. The Kier molecular flexibility index (Phi) is 8.31. The molecule has 3 saturated heterocycles. The smallest absolute Gasteiger partial charge is 0.348 e. The van der Waals surface area contributed by atoms with Crippen LogP contribution in [0.5, 0.6) is 0 Å². The molecule has 1 amide bonds. The van der Waals surface area contributed by atoms with Crippen LogP contribution in [0.15, 0.2) is 89.8 Å². The molecule has 2 bridgehead atoms. The Balaban J connectivity index is 1.22. The topological polar surface area (TPSA) is 110 Å². The van der Waals surface area contributed by atoms with Gasteiger partial charge in [-0.25, -0.2) is 13.2 Å². The van der Waals surface area contributed by atoms with Crippen molar-refractivity contribution >= 4 is 21.7 Å². The zero-order valence-corrected chi connectivity index (χ0v) is 24.1. The van der Waals surface area contributed by atoms with Gasteiger partial charge in [0.15, 0.2) is 15.9 Å². The van der Waals surface area contributed by atoms with Crippen LogP contribution < -0.4 is 5.32 Å². The first-order valence-electron chi connectivity index (χ1n) is 14.1. The molecule has 0 aromatic heterocycles. The van der Waals surface area contributed by atoms with E-state index in [2.05, 4.69) is 5.32 Å². The van der Waals surface area contributed by atoms with Gasteiger partial charge in [0.05, 0.1) is 24.5 Å². The largest absolute Gasteiger partial charge is 0.453 e. The van der Waals surface area contributed by atoms with Crippen LogP contribution in [-0.2, 0) is 25.0 Å². The summed E-state index contributed by atoms with van der Waals surface area (Å²) in [5.74, 6) is -0.701. The Morgan fingerprint density at radius 2 is 1.56 bits per heavy atom. The number of rotatable bonds is 10. The summed E-state index contributed by atoms with van der Waals surface area (Å²) < 4.78 is 30.6. The number of carbonyl (C=O) groups excluding carboxylic acids is 2. The van der Waals surface area contributed by atoms with E-state index in [4.69, 9.17) is 4.74 Å². The number of fused-ring (bicyclic) bond motifs is 3. The third kappa shape index (κ3) is 6.22. The van der Waals surface area contributed by atoms with E-state index in [1.807, 2.05) is 12.1 Å². The molecule has 3 heterocycles. The van der Waals surface area contributed by atoms with Gasteiger partial charge in [-0.05, 0) is 29.3 Å². The van der Waals surface area contributed by atoms with Crippen LogP contribution in [0.2, 0.25) is 0 Å². The van der Waals surface area contributed by atoms with Crippen molar-refractivity contribution in [3.63, 3.8) is 0 Å². The van der Waals surface area contributed by atoms with Crippen molar-refractivity contribution in [3.8, 4) is 0 Å². The Morgan fingerprint density at radius 3 is 2.15 bits per heavy atom. The zero-order valence-electron chi connectivity index (χ0n) is 23.2. The van der Waals surface area contributed by atoms with E-state index in [0.717, 1.165) is 49.6 Å². The number of benzene rings is 3. The van der Waals surface area contributed by atoms with E-state index >= 15 is 0 Å². The average molecular weight is 578 g/mol. The van der Waals surface area contributed by atoms with E-state index < -0.39 is 21.4 Å². The number of nitrogens with zero attached hydrogens (tertiary/aromatic N) is 1. The van der Waals surface area contributed by atoms with Crippen molar-refractivity contribution < 1.29 is 32.3 Å². The lowest BCUT2D eigenvalue weighted by molar-refractivity contribution is -0.946. The maximum atomic E-state index is 13.7. The van der Waals surface area contributed by atoms with Crippen molar-refractivity contribution in [2.24, 2.45) is 5.92 Å². The van der Waals surface area contributed by atoms with Crippen molar-refractivity contribution in [2.75, 3.05) is 39.0 Å². The maximum Gasteiger partial charge on any atom is 0.348 e. The van der Waals surface area contributed by atoms with Gasteiger partial charge in [0, 0.05) is 43.5 Å². The first kappa shape index (κ1) is 29.0. The predicted molar refractivity (Wildman–Crippen MR) is 155 cm³/mol. The van der Waals surface area contributed by atoms with Crippen molar-refractivity contribution in [3.05, 3.63) is 102 Å². The number of aliphatic hydroxyl groups is 1. The lowest BCUT2D eigenvalue weighted by atomic mass is 9.82. The molecular formula is C32H37N2O6S+. The second kappa shape index (κ2) is 11.8. The summed E-state index contributed by atoms with van der Waals surface area (Å²) in [6, 6.07) is 23.9. The highest BCUT2D eigenvalue weighted by molar-refractivity contribution is 7.90. The molecule has 0 saturated carbocycles. The number of hydrogen-bond acceptors (Lipinski definition) is 6. The van der Waals surface area contributed by atoms with Gasteiger partial charge >= 0.3 is 5.97 Å². The summed E-state index contributed by atoms with van der Waals surface area (Å²) in [7, 11) is -3.39. The van der Waals surface area contributed by atoms with Gasteiger partial charge in [0.25, 0.3) is 5.91 Å². The van der Waals surface area contributed by atoms with Gasteiger partial charge in [-0.3, -0.25) is 4.79 Å². The standard InChI is InChI=1S/C32H36N2O6S/c1-41(38,39)28-15-8-10-25(22-28)30(35)33-18-9-19-34-20-16-24(17-21-34)29(23-34)40-31(36)32(37,26-11-4-2-5-12-26)27-13-6-3-7-14-27/h2-8,10-15,22,24,29,37H,9,16-21,23H2,1H3/p+1/t24?,29-,34?/m0/s1. The molecule has 0 radical (unpaired) electrons. The molecule has 41 heavy (non-hydrogen) atoms. The van der Waals surface area contributed by atoms with Crippen LogP contribution >= 0.6 is 0 Å². The van der Waals surface area contributed by atoms with Gasteiger partial charge in [-0.1, -0.05) is 66.7 Å². The van der Waals surface area contributed by atoms with Gasteiger partial charge in [0.2, 0.25) is 5.60 Å². The molecule has 8 nitrogen and oxygen atoms in total. The lowest BCUT2D eigenvalue weighted by Gasteiger charge is -2.52. The van der Waals surface area contributed by atoms with Gasteiger partial charge in [-0.2, -0.15) is 0 Å². The zero-order chi connectivity index (χ0) is 29.1. The van der Waals surface area contributed by atoms with Gasteiger partial charge in [-0.15, -0.1) is 0 Å². The second-order valence-corrected chi connectivity index (χ2v) is 13.3. The molecule has 3 fully saturated rings. The molecule has 6 rings (SSSR count). The fourth-order valence-corrected chi connectivity index (χ4v) is 6.91. The first-order valence-corrected chi connectivity index (χ1v) is 16.0. The summed E-state index contributed by atoms with van der Waals surface area (Å²) >= 11 is 0. The third-order valence-corrected chi connectivity index (χ3v) is 9.71. The van der Waals surface area contributed by atoms with Crippen LogP contribution in [0, 0.1) is 5.92 Å². The van der Waals surface area contributed by atoms with Gasteiger partial charge in [0.1, 0.15) is 6.54 Å². The number of carbonyl (C=O) groups is 2. The van der Waals surface area contributed by atoms with Crippen molar-refractivity contribution in [2.45, 2.75) is 35.9 Å². The normalized spacial score (nSPS) is 22.2. The van der Waals surface area contributed by atoms with Crippen LogP contribution in [0.1, 0.15) is 40.7 Å². The third-order valence-electron chi connectivity index (χ3n) is 8.60. The van der Waals surface area contributed by atoms with E-state index in [9.17, 15) is 23.1 Å². The molecule has 9 heteroatoms. The molecule has 0 spiro atoms. The summed E-state index contributed by atoms with van der Waals surface area (Å²) in [4.78, 5) is 26.5. The van der Waals surface area contributed by atoms with E-state index in [1.54, 1.807) is 60.7 Å². The number of amides is 1.